The second-order valence-electron chi connectivity index (χ2n) is 5.00. The molecule has 0 spiro atoms. The zero-order chi connectivity index (χ0) is 12.8. The van der Waals surface area contributed by atoms with Crippen LogP contribution in [0.3, 0.4) is 0 Å². The number of unbranched alkanes of at least 4 members (excludes halogenated alkanes) is 1. The van der Waals surface area contributed by atoms with Crippen LogP contribution in [-0.2, 0) is 9.47 Å². The zero-order valence-corrected chi connectivity index (χ0v) is 11.5. The van der Waals surface area contributed by atoms with Crippen LogP contribution < -0.4 is 0 Å². The van der Waals surface area contributed by atoms with Gasteiger partial charge in [0.15, 0.2) is 11.8 Å². The Balaban J connectivity index is 1.59. The molecule has 4 heteroatoms. The van der Waals surface area contributed by atoms with Gasteiger partial charge in [0.2, 0.25) is 0 Å². The van der Waals surface area contributed by atoms with Crippen LogP contribution in [0.15, 0.2) is 9.98 Å². The summed E-state index contributed by atoms with van der Waals surface area (Å²) in [6.45, 7) is 5.86. The summed E-state index contributed by atoms with van der Waals surface area (Å²) >= 11 is 0. The third-order valence-corrected chi connectivity index (χ3v) is 3.51. The Morgan fingerprint density at radius 1 is 0.889 bits per heavy atom. The Morgan fingerprint density at radius 2 is 1.33 bits per heavy atom. The molecule has 18 heavy (non-hydrogen) atoms. The van der Waals surface area contributed by atoms with Crippen molar-refractivity contribution in [2.24, 2.45) is 9.98 Å². The summed E-state index contributed by atoms with van der Waals surface area (Å²) in [5.74, 6) is 1.89. The second-order valence-corrected chi connectivity index (χ2v) is 5.00. The van der Waals surface area contributed by atoms with E-state index in [9.17, 15) is 0 Å². The summed E-state index contributed by atoms with van der Waals surface area (Å²) in [6.07, 6.45) is 6.28. The van der Waals surface area contributed by atoms with E-state index >= 15 is 0 Å². The third kappa shape index (κ3) is 3.72. The van der Waals surface area contributed by atoms with Crippen molar-refractivity contribution in [3.05, 3.63) is 0 Å². The van der Waals surface area contributed by atoms with Crippen molar-refractivity contribution in [3.63, 3.8) is 0 Å². The molecular formula is C14H24N2O2. The predicted octanol–water partition coefficient (Wildman–Crippen LogP) is 2.96. The average molecular weight is 252 g/mol. The highest BCUT2D eigenvalue weighted by atomic mass is 16.5. The lowest BCUT2D eigenvalue weighted by molar-refractivity contribution is 0.303. The second kappa shape index (κ2) is 6.76. The van der Waals surface area contributed by atoms with Crippen LogP contribution in [0.2, 0.25) is 0 Å². The normalized spacial score (nSPS) is 26.6. The van der Waals surface area contributed by atoms with Gasteiger partial charge in [0.25, 0.3) is 0 Å². The van der Waals surface area contributed by atoms with Crippen LogP contribution in [0, 0.1) is 0 Å². The lowest BCUT2D eigenvalue weighted by Crippen LogP contribution is -2.04. The zero-order valence-electron chi connectivity index (χ0n) is 11.5. The number of nitrogens with zero attached hydrogens (tertiary/aromatic N) is 2. The Labute approximate surface area is 109 Å². The molecule has 0 bridgehead atoms. The molecule has 2 unspecified atom stereocenters. The monoisotopic (exact) mass is 252 g/mol. The van der Waals surface area contributed by atoms with Gasteiger partial charge in [-0.1, -0.05) is 13.8 Å². The van der Waals surface area contributed by atoms with E-state index in [1.165, 1.54) is 0 Å². The molecule has 0 fully saturated rings. The summed E-state index contributed by atoms with van der Waals surface area (Å²) in [5, 5.41) is 0. The number of hydrogen-bond acceptors (Lipinski definition) is 4. The molecule has 2 atom stereocenters. The largest absolute Gasteiger partial charge is 0.479 e. The van der Waals surface area contributed by atoms with E-state index in [0.29, 0.717) is 12.1 Å². The molecule has 0 aromatic carbocycles. The first-order valence-corrected chi connectivity index (χ1v) is 7.20. The number of ether oxygens (including phenoxy) is 2. The lowest BCUT2D eigenvalue weighted by Gasteiger charge is -2.02. The molecule has 0 aliphatic carbocycles. The van der Waals surface area contributed by atoms with Gasteiger partial charge in [-0.3, -0.25) is 0 Å². The van der Waals surface area contributed by atoms with Crippen molar-refractivity contribution in [2.75, 3.05) is 13.2 Å². The maximum atomic E-state index is 5.55. The van der Waals surface area contributed by atoms with Crippen LogP contribution in [0.4, 0.5) is 0 Å². The number of rotatable bonds is 7. The van der Waals surface area contributed by atoms with Gasteiger partial charge in [-0.15, -0.1) is 0 Å². The summed E-state index contributed by atoms with van der Waals surface area (Å²) in [5.41, 5.74) is 0. The van der Waals surface area contributed by atoms with Gasteiger partial charge < -0.3 is 9.47 Å². The first-order chi connectivity index (χ1) is 8.81. The van der Waals surface area contributed by atoms with Crippen molar-refractivity contribution in [1.29, 1.82) is 0 Å². The molecule has 0 aromatic heterocycles. The van der Waals surface area contributed by atoms with Gasteiger partial charge in [0.1, 0.15) is 13.2 Å². The first-order valence-electron chi connectivity index (χ1n) is 7.20. The van der Waals surface area contributed by atoms with Gasteiger partial charge in [-0.2, -0.15) is 0 Å². The third-order valence-electron chi connectivity index (χ3n) is 3.51. The van der Waals surface area contributed by atoms with E-state index in [2.05, 4.69) is 23.8 Å². The molecule has 2 aliphatic rings. The van der Waals surface area contributed by atoms with Crippen molar-refractivity contribution in [2.45, 2.75) is 64.5 Å². The average Bonchev–Trinajstić information content (AvgIpc) is 3.03. The SMILES string of the molecule is CCC1COC(CCCCC2=NC(CC)CO2)=N1. The molecule has 2 heterocycles. The molecule has 0 saturated carbocycles. The molecule has 0 amide bonds. The minimum Gasteiger partial charge on any atom is -0.479 e. The summed E-state index contributed by atoms with van der Waals surface area (Å²) in [7, 11) is 0. The van der Waals surface area contributed by atoms with E-state index in [4.69, 9.17) is 9.47 Å². The van der Waals surface area contributed by atoms with Gasteiger partial charge >= 0.3 is 0 Å². The fraction of sp³-hybridized carbons (Fsp3) is 0.857. The highest BCUT2D eigenvalue weighted by Gasteiger charge is 2.18. The van der Waals surface area contributed by atoms with Gasteiger partial charge in [-0.05, 0) is 25.7 Å². The van der Waals surface area contributed by atoms with Crippen LogP contribution >= 0.6 is 0 Å². The van der Waals surface area contributed by atoms with Gasteiger partial charge in [0.05, 0.1) is 12.1 Å². The Kier molecular flexibility index (Phi) is 5.02. The first kappa shape index (κ1) is 13.4. The van der Waals surface area contributed by atoms with E-state index in [1.54, 1.807) is 0 Å². The molecule has 2 rings (SSSR count). The van der Waals surface area contributed by atoms with Crippen molar-refractivity contribution in [3.8, 4) is 0 Å². The van der Waals surface area contributed by atoms with Crippen molar-refractivity contribution >= 4 is 11.8 Å². The standard InChI is InChI=1S/C14H24N2O2/c1-3-11-9-17-13(15-11)7-5-6-8-14-16-12(4-2)10-18-14/h11-12H,3-10H2,1-2H3. The molecule has 102 valence electrons. The predicted molar refractivity (Wildman–Crippen MR) is 73.4 cm³/mol. The van der Waals surface area contributed by atoms with Crippen LogP contribution in [0.5, 0.6) is 0 Å². The van der Waals surface area contributed by atoms with E-state index < -0.39 is 0 Å². The lowest BCUT2D eigenvalue weighted by atomic mass is 10.2. The Bertz CT molecular complexity index is 294. The van der Waals surface area contributed by atoms with Crippen LogP contribution in [-0.4, -0.2) is 37.1 Å². The topological polar surface area (TPSA) is 43.2 Å². The van der Waals surface area contributed by atoms with Crippen LogP contribution in [0.25, 0.3) is 0 Å². The molecule has 0 N–H and O–H groups in total. The van der Waals surface area contributed by atoms with Gasteiger partial charge in [0, 0.05) is 12.8 Å². The maximum absolute atomic E-state index is 5.55. The number of hydrogen-bond donors (Lipinski definition) is 0. The highest BCUT2D eigenvalue weighted by Crippen LogP contribution is 2.15. The Hall–Kier alpha value is -1.06. The van der Waals surface area contributed by atoms with E-state index in [-0.39, 0.29) is 0 Å². The van der Waals surface area contributed by atoms with Gasteiger partial charge in [-0.25, -0.2) is 9.98 Å². The van der Waals surface area contributed by atoms with E-state index in [1.807, 2.05) is 0 Å². The number of aliphatic imine (C=N–C) groups is 2. The minimum absolute atomic E-state index is 0.396. The molecule has 0 saturated heterocycles. The van der Waals surface area contributed by atoms with Crippen LogP contribution in [0.1, 0.15) is 52.4 Å². The summed E-state index contributed by atoms with van der Waals surface area (Å²) in [4.78, 5) is 9.07. The molecule has 4 nitrogen and oxygen atoms in total. The fourth-order valence-electron chi connectivity index (χ4n) is 2.19. The van der Waals surface area contributed by atoms with Crippen molar-refractivity contribution < 1.29 is 9.47 Å². The summed E-state index contributed by atoms with van der Waals surface area (Å²) in [6, 6.07) is 0.792. The molecule has 0 aromatic rings. The van der Waals surface area contributed by atoms with E-state index in [0.717, 1.165) is 63.5 Å². The Morgan fingerprint density at radius 3 is 1.67 bits per heavy atom. The molecule has 0 radical (unpaired) electrons. The molecule has 2 aliphatic heterocycles. The van der Waals surface area contributed by atoms with Crippen molar-refractivity contribution in [1.82, 2.24) is 0 Å². The quantitative estimate of drug-likeness (QED) is 0.654. The fourth-order valence-corrected chi connectivity index (χ4v) is 2.19. The summed E-state index contributed by atoms with van der Waals surface area (Å²) < 4.78 is 11.1. The highest BCUT2D eigenvalue weighted by molar-refractivity contribution is 5.78. The maximum Gasteiger partial charge on any atom is 0.183 e. The molecular weight excluding hydrogens is 228 g/mol. The smallest absolute Gasteiger partial charge is 0.183 e. The minimum atomic E-state index is 0.396.